The molecule has 0 spiro atoms. The zero-order valence-corrected chi connectivity index (χ0v) is 12.4. The summed E-state index contributed by atoms with van der Waals surface area (Å²) < 4.78 is 0. The average Bonchev–Trinajstić information content (AvgIpc) is 2.90. The summed E-state index contributed by atoms with van der Waals surface area (Å²) in [5.74, 6) is 2.28. The molecule has 22 heavy (non-hydrogen) atoms. The van der Waals surface area contributed by atoms with Crippen molar-refractivity contribution in [3.8, 4) is 0 Å². The number of nitrogens with one attached hydrogen (secondary N) is 2. The minimum atomic E-state index is 0.235. The minimum Gasteiger partial charge on any atom is -0.495 e. The average molecular weight is 298 g/mol. The smallest absolute Gasteiger partial charge is 0.188 e. The van der Waals surface area contributed by atoms with Crippen LogP contribution in [0.15, 0.2) is 29.9 Å². The lowest BCUT2D eigenvalue weighted by Crippen LogP contribution is -2.22. The Balaban J connectivity index is 1.70. The molecule has 0 radical (unpaired) electrons. The molecule has 114 valence electrons. The fourth-order valence-corrected chi connectivity index (χ4v) is 2.66. The number of aromatic nitrogens is 4. The number of likely N-dealkylation sites (N-methyl/N-ethyl adjacent to an activating group) is 1. The van der Waals surface area contributed by atoms with Gasteiger partial charge in [0.15, 0.2) is 11.7 Å². The van der Waals surface area contributed by atoms with Crippen molar-refractivity contribution in [1.29, 1.82) is 0 Å². The normalized spacial score (nSPS) is 18.9. The third-order valence-corrected chi connectivity index (χ3v) is 4.31. The second kappa shape index (κ2) is 5.01. The molecule has 4 rings (SSSR count). The number of rotatable bonds is 3. The number of hydrogen-bond donors (Lipinski definition) is 3. The molecule has 1 saturated carbocycles. The van der Waals surface area contributed by atoms with E-state index in [1.807, 2.05) is 13.1 Å². The van der Waals surface area contributed by atoms with E-state index in [9.17, 15) is 5.11 Å². The molecule has 3 heterocycles. The zero-order valence-electron chi connectivity index (χ0n) is 12.4. The van der Waals surface area contributed by atoms with Crippen molar-refractivity contribution in [3.63, 3.8) is 0 Å². The molecule has 2 aliphatic rings. The van der Waals surface area contributed by atoms with Crippen LogP contribution in [0.2, 0.25) is 0 Å². The molecular formula is C15H18N6O. The van der Waals surface area contributed by atoms with E-state index in [1.54, 1.807) is 17.2 Å². The van der Waals surface area contributed by atoms with Gasteiger partial charge < -0.3 is 15.3 Å². The molecule has 0 unspecified atom stereocenters. The highest BCUT2D eigenvalue weighted by Crippen LogP contribution is 2.36. The van der Waals surface area contributed by atoms with E-state index in [2.05, 4.69) is 25.5 Å². The summed E-state index contributed by atoms with van der Waals surface area (Å²) in [6.45, 7) is 0.650. The first-order valence-corrected chi connectivity index (χ1v) is 7.51. The number of aliphatic hydroxyl groups is 1. The monoisotopic (exact) mass is 298 g/mol. The van der Waals surface area contributed by atoms with Crippen LogP contribution in [0, 0.1) is 0 Å². The zero-order chi connectivity index (χ0) is 15.1. The van der Waals surface area contributed by atoms with Crippen molar-refractivity contribution in [3.05, 3.63) is 35.8 Å². The Morgan fingerprint density at radius 1 is 1.36 bits per heavy atom. The third-order valence-electron chi connectivity index (χ3n) is 4.31. The first kappa shape index (κ1) is 13.1. The first-order chi connectivity index (χ1) is 10.7. The predicted molar refractivity (Wildman–Crippen MR) is 83.3 cm³/mol. The Labute approximate surface area is 127 Å². The van der Waals surface area contributed by atoms with Crippen LogP contribution in [-0.2, 0) is 0 Å². The molecule has 0 amide bonds. The number of anilines is 1. The highest BCUT2D eigenvalue weighted by Gasteiger charge is 2.24. The maximum absolute atomic E-state index is 9.84. The van der Waals surface area contributed by atoms with Crippen LogP contribution in [-0.4, -0.2) is 43.8 Å². The lowest BCUT2D eigenvalue weighted by molar-refractivity contribution is 0.244. The van der Waals surface area contributed by atoms with Gasteiger partial charge in [-0.15, -0.1) is 0 Å². The second-order valence-electron chi connectivity index (χ2n) is 5.86. The number of allylic oxidation sites excluding steroid dienone is 1. The standard InChI is InChI=1S/C15H18N6O/c1-21-6-5-10(7-12(21)22)17-15-13-11(8-16-20-13)18-14(19-15)9-3-2-4-9/h5,7-9,22H,2-4,6H2,1H3,(H,16,20)(H,17,18,19). The molecule has 1 aliphatic heterocycles. The molecular weight excluding hydrogens is 280 g/mol. The van der Waals surface area contributed by atoms with Gasteiger partial charge in [-0.2, -0.15) is 5.10 Å². The Kier molecular flexibility index (Phi) is 2.99. The van der Waals surface area contributed by atoms with Crippen molar-refractivity contribution in [2.24, 2.45) is 0 Å². The van der Waals surface area contributed by atoms with Crippen LogP contribution in [0.5, 0.6) is 0 Å². The molecule has 0 saturated heterocycles. The highest BCUT2D eigenvalue weighted by atomic mass is 16.3. The summed E-state index contributed by atoms with van der Waals surface area (Å²) in [4.78, 5) is 11.0. The lowest BCUT2D eigenvalue weighted by Gasteiger charge is -2.25. The molecule has 2 aromatic rings. The molecule has 2 aromatic heterocycles. The van der Waals surface area contributed by atoms with Crippen molar-refractivity contribution in [2.45, 2.75) is 25.2 Å². The topological polar surface area (TPSA) is 90.0 Å². The number of aliphatic hydroxyl groups excluding tert-OH is 1. The third kappa shape index (κ3) is 2.18. The van der Waals surface area contributed by atoms with E-state index < -0.39 is 0 Å². The summed E-state index contributed by atoms with van der Waals surface area (Å²) >= 11 is 0. The maximum Gasteiger partial charge on any atom is 0.188 e. The van der Waals surface area contributed by atoms with Gasteiger partial charge in [-0.1, -0.05) is 6.42 Å². The Morgan fingerprint density at radius 2 is 2.23 bits per heavy atom. The number of H-pyrrole nitrogens is 1. The number of aromatic amines is 1. The van der Waals surface area contributed by atoms with Gasteiger partial charge in [0, 0.05) is 31.3 Å². The quantitative estimate of drug-likeness (QED) is 0.805. The second-order valence-corrected chi connectivity index (χ2v) is 5.86. The molecule has 0 bridgehead atoms. The van der Waals surface area contributed by atoms with Crippen LogP contribution < -0.4 is 5.32 Å². The van der Waals surface area contributed by atoms with Gasteiger partial charge in [-0.05, 0) is 18.9 Å². The van der Waals surface area contributed by atoms with Crippen molar-refractivity contribution >= 4 is 16.9 Å². The maximum atomic E-state index is 9.84. The van der Waals surface area contributed by atoms with E-state index in [4.69, 9.17) is 0 Å². The van der Waals surface area contributed by atoms with Crippen LogP contribution in [0.4, 0.5) is 5.82 Å². The van der Waals surface area contributed by atoms with Gasteiger partial charge in [0.05, 0.1) is 6.20 Å². The summed E-state index contributed by atoms with van der Waals surface area (Å²) in [6.07, 6.45) is 8.97. The summed E-state index contributed by atoms with van der Waals surface area (Å²) in [6, 6.07) is 0. The molecule has 1 aliphatic carbocycles. The Hall–Kier alpha value is -2.57. The Bertz CT molecular complexity index is 773. The largest absolute Gasteiger partial charge is 0.495 e. The minimum absolute atomic E-state index is 0.235. The first-order valence-electron chi connectivity index (χ1n) is 7.51. The molecule has 1 fully saturated rings. The van der Waals surface area contributed by atoms with E-state index in [0.29, 0.717) is 18.3 Å². The van der Waals surface area contributed by atoms with Gasteiger partial charge in [0.1, 0.15) is 16.9 Å². The van der Waals surface area contributed by atoms with Gasteiger partial charge in [0.2, 0.25) is 0 Å². The fraction of sp³-hybridized carbons (Fsp3) is 0.400. The molecule has 7 heteroatoms. The number of fused-ring (bicyclic) bond motifs is 1. The van der Waals surface area contributed by atoms with Gasteiger partial charge in [0.25, 0.3) is 0 Å². The molecule has 0 aromatic carbocycles. The molecule has 0 atom stereocenters. The van der Waals surface area contributed by atoms with Gasteiger partial charge in [-0.3, -0.25) is 5.10 Å². The molecule has 3 N–H and O–H groups in total. The van der Waals surface area contributed by atoms with Crippen LogP contribution in [0.3, 0.4) is 0 Å². The van der Waals surface area contributed by atoms with E-state index in [0.717, 1.165) is 35.4 Å². The van der Waals surface area contributed by atoms with Crippen LogP contribution in [0.1, 0.15) is 31.0 Å². The van der Waals surface area contributed by atoms with E-state index in [-0.39, 0.29) is 5.88 Å². The van der Waals surface area contributed by atoms with Gasteiger partial charge in [-0.25, -0.2) is 9.97 Å². The van der Waals surface area contributed by atoms with Gasteiger partial charge >= 0.3 is 0 Å². The SMILES string of the molecule is CN1CC=C(Nc2nc(C3CCC3)nc3cn[nH]c23)C=C1O. The number of hydrogen-bond acceptors (Lipinski definition) is 6. The van der Waals surface area contributed by atoms with Crippen LogP contribution >= 0.6 is 0 Å². The summed E-state index contributed by atoms with van der Waals surface area (Å²) in [5.41, 5.74) is 2.43. The fourth-order valence-electron chi connectivity index (χ4n) is 2.66. The summed E-state index contributed by atoms with van der Waals surface area (Å²) in [7, 11) is 1.84. The predicted octanol–water partition coefficient (Wildman–Crippen LogP) is 2.26. The molecule has 7 nitrogen and oxygen atoms in total. The van der Waals surface area contributed by atoms with Crippen LogP contribution in [0.25, 0.3) is 11.0 Å². The van der Waals surface area contributed by atoms with E-state index >= 15 is 0 Å². The van der Waals surface area contributed by atoms with E-state index in [1.165, 1.54) is 6.42 Å². The highest BCUT2D eigenvalue weighted by molar-refractivity contribution is 5.85. The lowest BCUT2D eigenvalue weighted by atomic mass is 9.85. The van der Waals surface area contributed by atoms with Crippen molar-refractivity contribution < 1.29 is 5.11 Å². The van der Waals surface area contributed by atoms with Crippen molar-refractivity contribution in [2.75, 3.05) is 18.9 Å². The summed E-state index contributed by atoms with van der Waals surface area (Å²) in [5, 5.41) is 20.1. The van der Waals surface area contributed by atoms with Crippen molar-refractivity contribution in [1.82, 2.24) is 25.1 Å². The Morgan fingerprint density at radius 3 is 2.95 bits per heavy atom. The number of nitrogens with zero attached hydrogens (tertiary/aromatic N) is 4.